The fourth-order valence-corrected chi connectivity index (χ4v) is 3.09. The predicted octanol–water partition coefficient (Wildman–Crippen LogP) is 2.32. The Balaban J connectivity index is 1.69. The first-order valence-electron chi connectivity index (χ1n) is 6.61. The number of nitrogens with one attached hydrogen (secondary N) is 1. The summed E-state index contributed by atoms with van der Waals surface area (Å²) < 4.78 is 5.76. The lowest BCUT2D eigenvalue weighted by molar-refractivity contribution is 0.0619. The number of fused-ring (bicyclic) bond motifs is 1. The number of nitrogens with zero attached hydrogens (tertiary/aromatic N) is 2. The van der Waals surface area contributed by atoms with Crippen LogP contribution in [0.5, 0.6) is 0 Å². The van der Waals surface area contributed by atoms with Crippen molar-refractivity contribution in [3.63, 3.8) is 0 Å². The van der Waals surface area contributed by atoms with Crippen LogP contribution in [0, 0.1) is 17.2 Å². The van der Waals surface area contributed by atoms with Crippen molar-refractivity contribution in [1.82, 2.24) is 4.98 Å². The minimum atomic E-state index is 0.439. The molecule has 3 rings (SSSR count). The van der Waals surface area contributed by atoms with E-state index in [0.717, 1.165) is 18.8 Å². The summed E-state index contributed by atoms with van der Waals surface area (Å²) in [5.74, 6) is 1.49. The van der Waals surface area contributed by atoms with Crippen LogP contribution in [0.2, 0.25) is 0 Å². The van der Waals surface area contributed by atoms with Crippen LogP contribution in [0.15, 0.2) is 18.3 Å². The molecule has 2 heterocycles. The van der Waals surface area contributed by atoms with Gasteiger partial charge in [-0.1, -0.05) is 0 Å². The van der Waals surface area contributed by atoms with E-state index < -0.39 is 0 Å². The minimum Gasteiger partial charge on any atom is -0.378 e. The normalized spacial score (nSPS) is 30.5. The van der Waals surface area contributed by atoms with Crippen LogP contribution < -0.4 is 5.32 Å². The number of hydrogen-bond acceptors (Lipinski definition) is 4. The molecule has 2 fully saturated rings. The second-order valence-corrected chi connectivity index (χ2v) is 5.09. The van der Waals surface area contributed by atoms with E-state index in [4.69, 9.17) is 10.00 Å². The number of hydrogen-bond donors (Lipinski definition) is 1. The maximum Gasteiger partial charge on any atom is 0.126 e. The molecule has 0 bridgehead atoms. The lowest BCUT2D eigenvalue weighted by atomic mass is 9.82. The van der Waals surface area contributed by atoms with E-state index in [0.29, 0.717) is 23.6 Å². The van der Waals surface area contributed by atoms with Gasteiger partial charge in [0.15, 0.2) is 0 Å². The van der Waals surface area contributed by atoms with Crippen molar-refractivity contribution in [2.45, 2.75) is 37.8 Å². The largest absolute Gasteiger partial charge is 0.378 e. The van der Waals surface area contributed by atoms with E-state index in [-0.39, 0.29) is 0 Å². The third-order valence-electron chi connectivity index (χ3n) is 4.01. The predicted molar refractivity (Wildman–Crippen MR) is 68.1 cm³/mol. The maximum absolute atomic E-state index is 8.75. The monoisotopic (exact) mass is 243 g/mol. The smallest absolute Gasteiger partial charge is 0.126 e. The van der Waals surface area contributed by atoms with Crippen molar-refractivity contribution < 1.29 is 4.74 Å². The molecule has 4 nitrogen and oxygen atoms in total. The van der Waals surface area contributed by atoms with Crippen molar-refractivity contribution in [2.75, 3.05) is 11.9 Å². The number of rotatable bonds is 2. The van der Waals surface area contributed by atoms with Gasteiger partial charge in [0.25, 0.3) is 0 Å². The zero-order chi connectivity index (χ0) is 12.4. The Kier molecular flexibility index (Phi) is 3.16. The average Bonchev–Trinajstić information content (AvgIpc) is 2.89. The first-order valence-corrected chi connectivity index (χ1v) is 6.61. The van der Waals surface area contributed by atoms with Crippen LogP contribution in [0.1, 0.15) is 31.2 Å². The molecule has 0 unspecified atom stereocenters. The van der Waals surface area contributed by atoms with E-state index in [2.05, 4.69) is 16.4 Å². The summed E-state index contributed by atoms with van der Waals surface area (Å²) in [5, 5.41) is 12.2. The third kappa shape index (κ3) is 2.19. The molecule has 1 saturated carbocycles. The molecular formula is C14H17N3O. The maximum atomic E-state index is 8.75. The van der Waals surface area contributed by atoms with E-state index in [9.17, 15) is 0 Å². The van der Waals surface area contributed by atoms with Crippen molar-refractivity contribution >= 4 is 5.82 Å². The Morgan fingerprint density at radius 3 is 3.06 bits per heavy atom. The van der Waals surface area contributed by atoms with E-state index >= 15 is 0 Å². The lowest BCUT2D eigenvalue weighted by Gasteiger charge is -2.33. The number of ether oxygens (including phenoxy) is 1. The zero-order valence-corrected chi connectivity index (χ0v) is 10.3. The van der Waals surface area contributed by atoms with E-state index in [1.54, 1.807) is 12.3 Å². The van der Waals surface area contributed by atoms with Gasteiger partial charge < -0.3 is 10.1 Å². The van der Waals surface area contributed by atoms with Crippen molar-refractivity contribution in [3.05, 3.63) is 23.9 Å². The molecule has 1 saturated heterocycles. The highest BCUT2D eigenvalue weighted by atomic mass is 16.5. The molecule has 0 spiro atoms. The summed E-state index contributed by atoms with van der Waals surface area (Å²) in [6.07, 6.45) is 6.81. The molecule has 1 aliphatic heterocycles. The summed E-state index contributed by atoms with van der Waals surface area (Å²) in [5.41, 5.74) is 0.603. The molecule has 1 aromatic rings. The number of aromatic nitrogens is 1. The minimum absolute atomic E-state index is 0.439. The molecule has 0 aromatic carbocycles. The molecule has 18 heavy (non-hydrogen) atoms. The quantitative estimate of drug-likeness (QED) is 0.866. The first kappa shape index (κ1) is 11.5. The molecule has 1 aromatic heterocycles. The average molecular weight is 243 g/mol. The summed E-state index contributed by atoms with van der Waals surface area (Å²) in [7, 11) is 0. The highest BCUT2D eigenvalue weighted by Gasteiger charge is 2.37. The van der Waals surface area contributed by atoms with Gasteiger partial charge in [-0.05, 0) is 37.8 Å². The van der Waals surface area contributed by atoms with Crippen molar-refractivity contribution in [3.8, 4) is 6.07 Å². The van der Waals surface area contributed by atoms with Gasteiger partial charge in [-0.15, -0.1) is 0 Å². The third-order valence-corrected chi connectivity index (χ3v) is 4.01. The summed E-state index contributed by atoms with van der Waals surface area (Å²) in [6.45, 7) is 0.897. The molecule has 1 aliphatic carbocycles. The Bertz CT molecular complexity index is 451. The molecule has 2 aliphatic rings. The number of pyridine rings is 1. The molecule has 94 valence electrons. The van der Waals surface area contributed by atoms with E-state index in [1.165, 1.54) is 19.3 Å². The molecule has 1 N–H and O–H groups in total. The van der Waals surface area contributed by atoms with Gasteiger partial charge in [0.05, 0.1) is 11.7 Å². The Morgan fingerprint density at radius 2 is 2.28 bits per heavy atom. The molecular weight excluding hydrogens is 226 g/mol. The second-order valence-electron chi connectivity index (χ2n) is 5.09. The molecule has 3 atom stereocenters. The highest BCUT2D eigenvalue weighted by Crippen LogP contribution is 2.35. The fraction of sp³-hybridized carbons (Fsp3) is 0.571. The van der Waals surface area contributed by atoms with Gasteiger partial charge in [-0.25, -0.2) is 4.98 Å². The number of nitriles is 1. The highest BCUT2D eigenvalue weighted by molar-refractivity contribution is 5.40. The lowest BCUT2D eigenvalue weighted by Crippen LogP contribution is -2.38. The van der Waals surface area contributed by atoms with Crippen LogP contribution in [0.25, 0.3) is 0 Å². The fourth-order valence-electron chi connectivity index (χ4n) is 3.09. The second kappa shape index (κ2) is 4.95. The van der Waals surface area contributed by atoms with Crippen molar-refractivity contribution in [2.24, 2.45) is 5.92 Å². The van der Waals surface area contributed by atoms with Gasteiger partial charge in [0.1, 0.15) is 11.9 Å². The number of anilines is 1. The SMILES string of the molecule is N#Cc1ccc(N[C@@H]2CCC[C@H]3OCC[C@H]23)nc1. The molecule has 0 amide bonds. The van der Waals surface area contributed by atoms with Crippen LogP contribution in [-0.4, -0.2) is 23.7 Å². The Morgan fingerprint density at radius 1 is 1.33 bits per heavy atom. The molecule has 0 radical (unpaired) electrons. The summed E-state index contributed by atoms with van der Waals surface area (Å²) in [6, 6.07) is 6.24. The Hall–Kier alpha value is -1.60. The van der Waals surface area contributed by atoms with Crippen molar-refractivity contribution in [1.29, 1.82) is 5.26 Å². The molecule has 4 heteroatoms. The van der Waals surface area contributed by atoms with Gasteiger partial charge in [-0.3, -0.25) is 0 Å². The van der Waals surface area contributed by atoms with Crippen LogP contribution in [0.3, 0.4) is 0 Å². The standard InChI is InChI=1S/C14H17N3O/c15-8-10-4-5-14(16-9-10)17-12-2-1-3-13-11(12)6-7-18-13/h4-5,9,11-13H,1-3,6-7H2,(H,16,17)/t11-,12-,13-/m1/s1. The Labute approximate surface area is 107 Å². The van der Waals surface area contributed by atoms with Gasteiger partial charge in [0, 0.05) is 24.8 Å². The van der Waals surface area contributed by atoms with Crippen LogP contribution in [-0.2, 0) is 4.74 Å². The summed E-state index contributed by atoms with van der Waals surface area (Å²) in [4.78, 5) is 4.28. The first-order chi connectivity index (χ1) is 8.86. The van der Waals surface area contributed by atoms with Gasteiger partial charge >= 0.3 is 0 Å². The van der Waals surface area contributed by atoms with Crippen LogP contribution >= 0.6 is 0 Å². The van der Waals surface area contributed by atoms with E-state index in [1.807, 2.05) is 6.07 Å². The van der Waals surface area contributed by atoms with Crippen LogP contribution in [0.4, 0.5) is 5.82 Å². The van der Waals surface area contributed by atoms with Gasteiger partial charge in [-0.2, -0.15) is 5.26 Å². The zero-order valence-electron chi connectivity index (χ0n) is 10.3. The van der Waals surface area contributed by atoms with Gasteiger partial charge in [0.2, 0.25) is 0 Å². The topological polar surface area (TPSA) is 57.9 Å². The summed E-state index contributed by atoms with van der Waals surface area (Å²) >= 11 is 0.